The number of rotatable bonds is 6. The number of hydrogen-bond acceptors (Lipinski definition) is 7. The Morgan fingerprint density at radius 3 is 2.74 bits per heavy atom. The summed E-state index contributed by atoms with van der Waals surface area (Å²) in [4.78, 5) is 33.3. The molecule has 0 radical (unpaired) electrons. The summed E-state index contributed by atoms with van der Waals surface area (Å²) in [5.41, 5.74) is 2.00. The average Bonchev–Trinajstić information content (AvgIpc) is 3.39. The maximum Gasteiger partial charge on any atom is 0.226 e. The van der Waals surface area contributed by atoms with Crippen LogP contribution in [0.25, 0.3) is 21.9 Å². The molecule has 4 heterocycles. The first kappa shape index (κ1) is 21.9. The number of carbonyl (C=O) groups is 1. The highest BCUT2D eigenvalue weighted by molar-refractivity contribution is 7.19. The molecular formula is C24H25Cl2N7OS. The third-order valence-corrected chi connectivity index (χ3v) is 9.43. The van der Waals surface area contributed by atoms with Crippen LogP contribution in [0.15, 0.2) is 18.3 Å². The van der Waals surface area contributed by atoms with Crippen molar-refractivity contribution in [3.63, 3.8) is 0 Å². The first-order valence-corrected chi connectivity index (χ1v) is 13.8. The molecule has 8 nitrogen and oxygen atoms in total. The van der Waals surface area contributed by atoms with E-state index < -0.39 is 0 Å². The van der Waals surface area contributed by atoms with Gasteiger partial charge in [-0.15, -0.1) is 0 Å². The lowest BCUT2D eigenvalue weighted by atomic mass is 9.87. The van der Waals surface area contributed by atoms with Gasteiger partial charge in [-0.05, 0) is 43.9 Å². The number of halogens is 2. The summed E-state index contributed by atoms with van der Waals surface area (Å²) in [5, 5.41) is 8.68. The van der Waals surface area contributed by atoms with E-state index in [1.807, 2.05) is 0 Å². The molecule has 1 saturated heterocycles. The van der Waals surface area contributed by atoms with Crippen molar-refractivity contribution in [3.8, 4) is 10.7 Å². The summed E-state index contributed by atoms with van der Waals surface area (Å²) in [5.74, 6) is 1.19. The minimum Gasteiger partial charge on any atom is -0.378 e. The Hall–Kier alpha value is -2.36. The Morgan fingerprint density at radius 2 is 1.94 bits per heavy atom. The van der Waals surface area contributed by atoms with Crippen LogP contribution in [0.3, 0.4) is 0 Å². The summed E-state index contributed by atoms with van der Waals surface area (Å²) in [6.45, 7) is 2.00. The molecule has 3 aromatic rings. The number of fused-ring (bicyclic) bond motifs is 3. The number of nitrogens with zero attached hydrogens (tertiary/aromatic N) is 4. The average molecular weight is 530 g/mol. The Morgan fingerprint density at radius 1 is 1.14 bits per heavy atom. The standard InChI is InChI=1S/C24H25Cl2N7OS/c25-14-10-27-21-18(30-22(32-21)19-20(26)31-24(35-19)33-7-1-2-8-33)17(14)29-16-12-4-3-11(9-12)15(16)23(34)28-13-5-6-13/h3-4,10-13,15-16H,1-2,5-9H2,(H,28,34)(H2,27,29,30,32)/t11-,12+,15+,16?/m1/s1. The van der Waals surface area contributed by atoms with Crippen molar-refractivity contribution < 1.29 is 4.79 Å². The van der Waals surface area contributed by atoms with E-state index in [0.29, 0.717) is 33.2 Å². The largest absolute Gasteiger partial charge is 0.378 e. The fourth-order valence-electron chi connectivity index (χ4n) is 5.73. The number of hydrogen-bond donors (Lipinski definition) is 3. The number of thiazole rings is 1. The van der Waals surface area contributed by atoms with Crippen LogP contribution in [0.1, 0.15) is 32.1 Å². The molecule has 11 heteroatoms. The predicted molar refractivity (Wildman–Crippen MR) is 139 cm³/mol. The van der Waals surface area contributed by atoms with E-state index in [9.17, 15) is 4.79 Å². The molecule has 1 aliphatic heterocycles. The quantitative estimate of drug-likeness (QED) is 0.394. The third-order valence-electron chi connectivity index (χ3n) is 7.64. The highest BCUT2D eigenvalue weighted by Crippen LogP contribution is 2.47. The molecule has 35 heavy (non-hydrogen) atoms. The van der Waals surface area contributed by atoms with Crippen LogP contribution in [0.2, 0.25) is 10.2 Å². The van der Waals surface area contributed by atoms with Crippen LogP contribution in [-0.2, 0) is 4.79 Å². The second-order valence-electron chi connectivity index (χ2n) is 10.0. The van der Waals surface area contributed by atoms with E-state index >= 15 is 0 Å². The second-order valence-corrected chi connectivity index (χ2v) is 11.7. The van der Waals surface area contributed by atoms with E-state index in [-0.39, 0.29) is 29.7 Å². The number of pyridine rings is 1. The molecule has 0 aromatic carbocycles. The van der Waals surface area contributed by atoms with Gasteiger partial charge in [-0.3, -0.25) is 4.79 Å². The minimum absolute atomic E-state index is 0.0349. The summed E-state index contributed by atoms with van der Waals surface area (Å²) in [7, 11) is 0. The van der Waals surface area contributed by atoms with Crippen LogP contribution in [0.5, 0.6) is 0 Å². The number of allylic oxidation sites excluding steroid dienone is 1. The van der Waals surface area contributed by atoms with Crippen molar-refractivity contribution >= 4 is 62.4 Å². The highest BCUT2D eigenvalue weighted by Gasteiger charge is 2.49. The molecule has 2 saturated carbocycles. The Bertz CT molecular complexity index is 1340. The van der Waals surface area contributed by atoms with Gasteiger partial charge in [0.05, 0.1) is 22.8 Å². The van der Waals surface area contributed by atoms with Crippen molar-refractivity contribution in [1.82, 2.24) is 25.3 Å². The van der Waals surface area contributed by atoms with Gasteiger partial charge in [0.1, 0.15) is 10.4 Å². The van der Waals surface area contributed by atoms with Crippen LogP contribution in [0, 0.1) is 17.8 Å². The Kier molecular flexibility index (Phi) is 5.22. The van der Waals surface area contributed by atoms with Crippen LogP contribution >= 0.6 is 34.5 Å². The molecule has 2 bridgehead atoms. The van der Waals surface area contributed by atoms with Crippen molar-refractivity contribution in [3.05, 3.63) is 28.5 Å². The van der Waals surface area contributed by atoms with Gasteiger partial charge in [0.2, 0.25) is 5.91 Å². The first-order valence-electron chi connectivity index (χ1n) is 12.3. The molecule has 182 valence electrons. The highest BCUT2D eigenvalue weighted by atomic mass is 35.5. The van der Waals surface area contributed by atoms with Crippen LogP contribution in [-0.4, -0.2) is 51.0 Å². The zero-order valence-corrected chi connectivity index (χ0v) is 21.3. The molecule has 7 rings (SSSR count). The van der Waals surface area contributed by atoms with Crippen molar-refractivity contribution in [1.29, 1.82) is 0 Å². The monoisotopic (exact) mass is 529 g/mol. The van der Waals surface area contributed by atoms with Gasteiger partial charge in [0.15, 0.2) is 21.8 Å². The van der Waals surface area contributed by atoms with Gasteiger partial charge in [-0.25, -0.2) is 15.0 Å². The number of aromatic nitrogens is 4. The zero-order chi connectivity index (χ0) is 23.7. The first-order chi connectivity index (χ1) is 17.0. The Balaban J connectivity index is 1.22. The minimum atomic E-state index is -0.119. The van der Waals surface area contributed by atoms with Crippen molar-refractivity contribution in [2.24, 2.45) is 17.8 Å². The summed E-state index contributed by atoms with van der Waals surface area (Å²) < 4.78 is 0. The SMILES string of the molecule is O=C(NC1CC1)[C@@H]1C(Nc2c(Cl)cnc3nc(-c4sc(N5CCCC5)nc4Cl)[nH]c23)[C@H]2C=C[C@@H]1C2. The van der Waals surface area contributed by atoms with Gasteiger partial charge >= 0.3 is 0 Å². The van der Waals surface area contributed by atoms with Crippen LogP contribution < -0.4 is 15.5 Å². The zero-order valence-electron chi connectivity index (χ0n) is 18.9. The molecule has 3 N–H and O–H groups in total. The number of H-pyrrole nitrogens is 1. The molecule has 4 aliphatic rings. The smallest absolute Gasteiger partial charge is 0.226 e. The van der Waals surface area contributed by atoms with E-state index in [4.69, 9.17) is 28.2 Å². The number of aromatic amines is 1. The predicted octanol–water partition coefficient (Wildman–Crippen LogP) is 4.87. The summed E-state index contributed by atoms with van der Waals surface area (Å²) >= 11 is 14.7. The van der Waals surface area contributed by atoms with Crippen molar-refractivity contribution in [2.45, 2.75) is 44.2 Å². The normalized spacial score (nSPS) is 27.3. The van der Waals surface area contributed by atoms with Gasteiger partial charge in [-0.2, -0.15) is 0 Å². The van der Waals surface area contributed by atoms with Gasteiger partial charge in [0, 0.05) is 25.2 Å². The molecule has 3 aliphatic carbocycles. The van der Waals surface area contributed by atoms with E-state index in [1.54, 1.807) is 6.20 Å². The fraction of sp³-hybridized carbons (Fsp3) is 0.500. The number of amides is 1. The number of nitrogens with one attached hydrogen (secondary N) is 3. The van der Waals surface area contributed by atoms with Gasteiger partial charge in [0.25, 0.3) is 0 Å². The van der Waals surface area contributed by atoms with E-state index in [2.05, 4.69) is 42.6 Å². The molecule has 3 aromatic heterocycles. The lowest BCUT2D eigenvalue weighted by Crippen LogP contribution is -2.44. The lowest BCUT2D eigenvalue weighted by Gasteiger charge is -2.29. The molecular weight excluding hydrogens is 505 g/mol. The molecule has 4 atom stereocenters. The maximum atomic E-state index is 13.1. The number of anilines is 2. The molecule has 3 fully saturated rings. The van der Waals surface area contributed by atoms with Crippen molar-refractivity contribution in [2.75, 3.05) is 23.3 Å². The number of imidazole rings is 1. The maximum absolute atomic E-state index is 13.1. The van der Waals surface area contributed by atoms with E-state index in [0.717, 1.165) is 48.0 Å². The van der Waals surface area contributed by atoms with Crippen LogP contribution in [0.4, 0.5) is 10.8 Å². The topological polar surface area (TPSA) is 98.8 Å². The second kappa shape index (κ2) is 8.35. The molecule has 1 unspecified atom stereocenters. The molecule has 0 spiro atoms. The van der Waals surface area contributed by atoms with Gasteiger partial charge in [-0.1, -0.05) is 46.7 Å². The fourth-order valence-corrected chi connectivity index (χ4v) is 7.22. The molecule has 1 amide bonds. The summed E-state index contributed by atoms with van der Waals surface area (Å²) in [6.07, 6.45) is 11.5. The lowest BCUT2D eigenvalue weighted by molar-refractivity contribution is -0.126. The third kappa shape index (κ3) is 3.79. The summed E-state index contributed by atoms with van der Waals surface area (Å²) in [6, 6.07) is 0.305. The van der Waals surface area contributed by atoms with E-state index in [1.165, 1.54) is 24.2 Å². The Labute approximate surface area is 216 Å². The number of carbonyl (C=O) groups excluding carboxylic acids is 1. The van der Waals surface area contributed by atoms with Gasteiger partial charge < -0.3 is 20.5 Å².